The van der Waals surface area contributed by atoms with E-state index in [1.807, 2.05) is 25.2 Å². The Morgan fingerprint density at radius 3 is 3.00 bits per heavy atom. The number of aromatic nitrogens is 2. The van der Waals surface area contributed by atoms with Gasteiger partial charge in [-0.15, -0.1) is 0 Å². The van der Waals surface area contributed by atoms with E-state index in [9.17, 15) is 0 Å². The standard InChI is InChI=1S/C9H11N3O/c1-12-7(6-10)5-8(11-12)9-3-2-4-13-9/h2-5H,6,10H2,1H3. The van der Waals surface area contributed by atoms with Crippen LogP contribution in [0.2, 0.25) is 0 Å². The van der Waals surface area contributed by atoms with Gasteiger partial charge in [0.15, 0.2) is 5.76 Å². The van der Waals surface area contributed by atoms with Gasteiger partial charge in [-0.2, -0.15) is 5.10 Å². The third-order valence-electron chi connectivity index (χ3n) is 1.96. The Labute approximate surface area is 76.0 Å². The fourth-order valence-electron chi connectivity index (χ4n) is 1.24. The second-order valence-corrected chi connectivity index (χ2v) is 2.83. The molecule has 0 aliphatic rings. The van der Waals surface area contributed by atoms with Gasteiger partial charge in [-0.3, -0.25) is 4.68 Å². The number of furan rings is 1. The smallest absolute Gasteiger partial charge is 0.154 e. The molecule has 0 bridgehead atoms. The molecule has 0 atom stereocenters. The van der Waals surface area contributed by atoms with Crippen molar-refractivity contribution in [2.24, 2.45) is 12.8 Å². The molecule has 68 valence electrons. The highest BCUT2D eigenvalue weighted by Crippen LogP contribution is 2.18. The van der Waals surface area contributed by atoms with Gasteiger partial charge in [-0.05, 0) is 18.2 Å². The topological polar surface area (TPSA) is 57.0 Å². The van der Waals surface area contributed by atoms with Crippen LogP contribution in [0.4, 0.5) is 0 Å². The van der Waals surface area contributed by atoms with E-state index in [1.54, 1.807) is 10.9 Å². The lowest BCUT2D eigenvalue weighted by molar-refractivity contribution is 0.577. The molecule has 2 aromatic heterocycles. The molecule has 0 aromatic carbocycles. The first kappa shape index (κ1) is 8.07. The van der Waals surface area contributed by atoms with Crippen LogP contribution >= 0.6 is 0 Å². The minimum atomic E-state index is 0.490. The van der Waals surface area contributed by atoms with Crippen LogP contribution in [0.15, 0.2) is 28.9 Å². The van der Waals surface area contributed by atoms with Crippen molar-refractivity contribution < 1.29 is 4.42 Å². The summed E-state index contributed by atoms with van der Waals surface area (Å²) in [5.41, 5.74) is 7.34. The average molecular weight is 177 g/mol. The number of rotatable bonds is 2. The quantitative estimate of drug-likeness (QED) is 0.748. The Kier molecular flexibility index (Phi) is 1.90. The third kappa shape index (κ3) is 1.36. The van der Waals surface area contributed by atoms with Crippen molar-refractivity contribution in [3.63, 3.8) is 0 Å². The SMILES string of the molecule is Cn1nc(-c2ccco2)cc1CN. The lowest BCUT2D eigenvalue weighted by atomic mass is 10.3. The van der Waals surface area contributed by atoms with Crippen molar-refractivity contribution in [3.05, 3.63) is 30.2 Å². The first-order chi connectivity index (χ1) is 6.31. The molecule has 0 amide bonds. The molecule has 4 nitrogen and oxygen atoms in total. The molecule has 0 radical (unpaired) electrons. The minimum Gasteiger partial charge on any atom is -0.463 e. The fraction of sp³-hybridized carbons (Fsp3) is 0.222. The molecule has 13 heavy (non-hydrogen) atoms. The number of hydrogen-bond acceptors (Lipinski definition) is 3. The summed E-state index contributed by atoms with van der Waals surface area (Å²) >= 11 is 0. The molecule has 4 heteroatoms. The second-order valence-electron chi connectivity index (χ2n) is 2.83. The van der Waals surface area contributed by atoms with Crippen LogP contribution in [0.3, 0.4) is 0 Å². The first-order valence-corrected chi connectivity index (χ1v) is 4.08. The Morgan fingerprint density at radius 2 is 2.46 bits per heavy atom. The number of aryl methyl sites for hydroxylation is 1. The van der Waals surface area contributed by atoms with Gasteiger partial charge < -0.3 is 10.2 Å². The molecule has 0 aliphatic carbocycles. The summed E-state index contributed by atoms with van der Waals surface area (Å²) in [7, 11) is 1.87. The zero-order valence-electron chi connectivity index (χ0n) is 7.40. The summed E-state index contributed by atoms with van der Waals surface area (Å²) in [4.78, 5) is 0. The molecular formula is C9H11N3O. The first-order valence-electron chi connectivity index (χ1n) is 4.08. The van der Waals surface area contributed by atoms with Crippen LogP contribution in [0.25, 0.3) is 11.5 Å². The molecule has 0 aliphatic heterocycles. The predicted molar refractivity (Wildman–Crippen MR) is 48.8 cm³/mol. The largest absolute Gasteiger partial charge is 0.463 e. The van der Waals surface area contributed by atoms with E-state index < -0.39 is 0 Å². The molecule has 2 rings (SSSR count). The predicted octanol–water partition coefficient (Wildman–Crippen LogP) is 1.14. The van der Waals surface area contributed by atoms with E-state index in [0.29, 0.717) is 6.54 Å². The summed E-state index contributed by atoms with van der Waals surface area (Å²) < 4.78 is 6.98. The van der Waals surface area contributed by atoms with Crippen LogP contribution in [-0.2, 0) is 13.6 Å². The van der Waals surface area contributed by atoms with Crippen LogP contribution in [0.5, 0.6) is 0 Å². The molecule has 0 saturated carbocycles. The van der Waals surface area contributed by atoms with Crippen molar-refractivity contribution in [1.29, 1.82) is 0 Å². The van der Waals surface area contributed by atoms with E-state index in [2.05, 4.69) is 5.10 Å². The average Bonchev–Trinajstić information content (AvgIpc) is 2.71. The number of nitrogens with zero attached hydrogens (tertiary/aromatic N) is 2. The van der Waals surface area contributed by atoms with Crippen LogP contribution in [-0.4, -0.2) is 9.78 Å². The highest BCUT2D eigenvalue weighted by Gasteiger charge is 2.07. The van der Waals surface area contributed by atoms with E-state index >= 15 is 0 Å². The molecule has 2 heterocycles. The van der Waals surface area contributed by atoms with Gasteiger partial charge in [0.25, 0.3) is 0 Å². The summed E-state index contributed by atoms with van der Waals surface area (Å²) in [5, 5.41) is 4.27. The third-order valence-corrected chi connectivity index (χ3v) is 1.96. The van der Waals surface area contributed by atoms with Gasteiger partial charge in [0.2, 0.25) is 0 Å². The lowest BCUT2D eigenvalue weighted by Crippen LogP contribution is -2.03. The van der Waals surface area contributed by atoms with Crippen molar-refractivity contribution in [2.45, 2.75) is 6.54 Å². The highest BCUT2D eigenvalue weighted by molar-refractivity contribution is 5.51. The minimum absolute atomic E-state index is 0.490. The Balaban J connectivity index is 2.43. The molecule has 0 unspecified atom stereocenters. The Morgan fingerprint density at radius 1 is 1.62 bits per heavy atom. The summed E-state index contributed by atoms with van der Waals surface area (Å²) in [6.07, 6.45) is 1.63. The van der Waals surface area contributed by atoms with Crippen molar-refractivity contribution in [2.75, 3.05) is 0 Å². The van der Waals surface area contributed by atoms with Gasteiger partial charge >= 0.3 is 0 Å². The van der Waals surface area contributed by atoms with E-state index in [1.165, 1.54) is 0 Å². The zero-order valence-corrected chi connectivity index (χ0v) is 7.40. The monoisotopic (exact) mass is 177 g/mol. The summed E-state index contributed by atoms with van der Waals surface area (Å²) in [6, 6.07) is 5.65. The van der Waals surface area contributed by atoms with E-state index in [0.717, 1.165) is 17.1 Å². The fourth-order valence-corrected chi connectivity index (χ4v) is 1.24. The maximum atomic E-state index is 5.53. The lowest BCUT2D eigenvalue weighted by Gasteiger charge is -1.93. The maximum Gasteiger partial charge on any atom is 0.154 e. The summed E-state index contributed by atoms with van der Waals surface area (Å²) in [5.74, 6) is 0.773. The van der Waals surface area contributed by atoms with Crippen LogP contribution in [0.1, 0.15) is 5.69 Å². The van der Waals surface area contributed by atoms with Gasteiger partial charge in [-0.25, -0.2) is 0 Å². The van der Waals surface area contributed by atoms with Crippen molar-refractivity contribution in [3.8, 4) is 11.5 Å². The second kappa shape index (κ2) is 3.06. The Hall–Kier alpha value is -1.55. The van der Waals surface area contributed by atoms with Crippen LogP contribution < -0.4 is 5.73 Å². The van der Waals surface area contributed by atoms with Gasteiger partial charge in [-0.1, -0.05) is 0 Å². The highest BCUT2D eigenvalue weighted by atomic mass is 16.3. The summed E-state index contributed by atoms with van der Waals surface area (Å²) in [6.45, 7) is 0.490. The molecule has 2 aromatic rings. The Bertz CT molecular complexity index is 389. The van der Waals surface area contributed by atoms with Crippen molar-refractivity contribution >= 4 is 0 Å². The number of nitrogens with two attached hydrogens (primary N) is 1. The molecular weight excluding hydrogens is 166 g/mol. The number of hydrogen-bond donors (Lipinski definition) is 1. The molecule has 0 saturated heterocycles. The van der Waals surface area contributed by atoms with Gasteiger partial charge in [0, 0.05) is 13.6 Å². The molecule has 0 spiro atoms. The molecule has 2 N–H and O–H groups in total. The zero-order chi connectivity index (χ0) is 9.26. The maximum absolute atomic E-state index is 5.53. The van der Waals surface area contributed by atoms with Crippen LogP contribution in [0, 0.1) is 0 Å². The van der Waals surface area contributed by atoms with Gasteiger partial charge in [0.05, 0.1) is 12.0 Å². The van der Waals surface area contributed by atoms with E-state index in [-0.39, 0.29) is 0 Å². The van der Waals surface area contributed by atoms with E-state index in [4.69, 9.17) is 10.2 Å². The normalized spacial score (nSPS) is 10.6. The van der Waals surface area contributed by atoms with Crippen molar-refractivity contribution in [1.82, 2.24) is 9.78 Å². The molecule has 0 fully saturated rings. The van der Waals surface area contributed by atoms with Gasteiger partial charge in [0.1, 0.15) is 5.69 Å².